The topological polar surface area (TPSA) is 67.9 Å². The molecule has 6 heteroatoms. The summed E-state index contributed by atoms with van der Waals surface area (Å²) in [6.45, 7) is 2.80. The van der Waals surface area contributed by atoms with Crippen LogP contribution in [-0.2, 0) is 16.1 Å². The van der Waals surface area contributed by atoms with Gasteiger partial charge in [-0.15, -0.1) is 0 Å². The first-order valence-corrected chi connectivity index (χ1v) is 9.21. The lowest BCUT2D eigenvalue weighted by Crippen LogP contribution is -2.40. The molecule has 0 aliphatic carbocycles. The molecule has 28 heavy (non-hydrogen) atoms. The molecule has 0 spiro atoms. The number of carbonyl (C=O) groups excluding carboxylic acids is 2. The molecule has 0 bridgehead atoms. The average Bonchev–Trinajstić information content (AvgIpc) is 2.77. The van der Waals surface area contributed by atoms with Gasteiger partial charge in [-0.3, -0.25) is 9.59 Å². The minimum absolute atomic E-state index is 0.0140. The maximum atomic E-state index is 12.4. The number of nitrogens with zero attached hydrogens (tertiary/aromatic N) is 1. The van der Waals surface area contributed by atoms with Crippen LogP contribution in [0, 0.1) is 0 Å². The average molecular weight is 380 g/mol. The normalized spacial score (nSPS) is 14.1. The van der Waals surface area contributed by atoms with Crippen molar-refractivity contribution in [1.82, 2.24) is 10.2 Å². The molecule has 146 valence electrons. The number of nitrogens with one attached hydrogen (secondary N) is 1. The highest BCUT2D eigenvalue weighted by Gasteiger charge is 2.18. The summed E-state index contributed by atoms with van der Waals surface area (Å²) >= 11 is 0. The van der Waals surface area contributed by atoms with E-state index in [2.05, 4.69) is 5.32 Å². The van der Waals surface area contributed by atoms with Crippen LogP contribution in [0.1, 0.15) is 21.5 Å². The number of ether oxygens (including phenoxy) is 2. The van der Waals surface area contributed by atoms with Crippen LogP contribution in [0.15, 0.2) is 54.6 Å². The SMILES string of the molecule is COc1cccc(/C=C/C(=O)NCc2ccc(C(=O)N3CCOCC3)cc2)c1. The summed E-state index contributed by atoms with van der Waals surface area (Å²) < 4.78 is 10.4. The highest BCUT2D eigenvalue weighted by molar-refractivity contribution is 5.94. The fourth-order valence-electron chi connectivity index (χ4n) is 2.88. The number of methoxy groups -OCH3 is 1. The van der Waals surface area contributed by atoms with E-state index < -0.39 is 0 Å². The standard InChI is InChI=1S/C22H24N2O4/c1-27-20-4-2-3-17(15-20)7-10-21(25)23-16-18-5-8-19(9-6-18)22(26)24-11-13-28-14-12-24/h2-10,15H,11-14,16H2,1H3,(H,23,25)/b10-7+. The third kappa shape index (κ3) is 5.44. The second kappa shape index (κ2) is 9.71. The number of rotatable bonds is 6. The van der Waals surface area contributed by atoms with Crippen LogP contribution in [0.3, 0.4) is 0 Å². The first-order chi connectivity index (χ1) is 13.7. The quantitative estimate of drug-likeness (QED) is 0.782. The summed E-state index contributed by atoms with van der Waals surface area (Å²) in [4.78, 5) is 26.2. The van der Waals surface area contributed by atoms with E-state index in [0.29, 0.717) is 38.4 Å². The molecule has 1 aliphatic rings. The van der Waals surface area contributed by atoms with Gasteiger partial charge in [0.25, 0.3) is 5.91 Å². The molecule has 1 heterocycles. The van der Waals surface area contributed by atoms with Gasteiger partial charge in [-0.1, -0.05) is 24.3 Å². The van der Waals surface area contributed by atoms with Gasteiger partial charge in [0.05, 0.1) is 20.3 Å². The Morgan fingerprint density at radius 2 is 1.89 bits per heavy atom. The fourth-order valence-corrected chi connectivity index (χ4v) is 2.88. The molecule has 1 fully saturated rings. The summed E-state index contributed by atoms with van der Waals surface area (Å²) in [6, 6.07) is 14.8. The third-order valence-corrected chi connectivity index (χ3v) is 4.49. The zero-order valence-corrected chi connectivity index (χ0v) is 15.9. The largest absolute Gasteiger partial charge is 0.497 e. The minimum atomic E-state index is -0.184. The Kier molecular flexibility index (Phi) is 6.81. The Balaban J connectivity index is 1.50. The van der Waals surface area contributed by atoms with Crippen LogP contribution >= 0.6 is 0 Å². The molecule has 1 N–H and O–H groups in total. The summed E-state index contributed by atoms with van der Waals surface area (Å²) in [6.07, 6.45) is 3.23. The van der Waals surface area contributed by atoms with Crippen molar-refractivity contribution in [2.45, 2.75) is 6.54 Å². The van der Waals surface area contributed by atoms with Crippen molar-refractivity contribution in [1.29, 1.82) is 0 Å². The van der Waals surface area contributed by atoms with Gasteiger partial charge < -0.3 is 19.7 Å². The number of carbonyl (C=O) groups is 2. The maximum absolute atomic E-state index is 12.4. The Hall–Kier alpha value is -3.12. The van der Waals surface area contributed by atoms with Gasteiger partial charge in [0.2, 0.25) is 5.91 Å². The molecule has 0 radical (unpaired) electrons. The van der Waals surface area contributed by atoms with Gasteiger partial charge in [-0.25, -0.2) is 0 Å². The van der Waals surface area contributed by atoms with E-state index in [9.17, 15) is 9.59 Å². The molecule has 1 saturated heterocycles. The molecule has 3 rings (SSSR count). The zero-order chi connectivity index (χ0) is 19.8. The van der Waals surface area contributed by atoms with Crippen LogP contribution < -0.4 is 10.1 Å². The maximum Gasteiger partial charge on any atom is 0.254 e. The molecule has 2 aromatic rings. The molecule has 6 nitrogen and oxygen atoms in total. The lowest BCUT2D eigenvalue weighted by atomic mass is 10.1. The second-order valence-corrected chi connectivity index (χ2v) is 6.43. The predicted molar refractivity (Wildman–Crippen MR) is 107 cm³/mol. The van der Waals surface area contributed by atoms with E-state index >= 15 is 0 Å². The van der Waals surface area contributed by atoms with Gasteiger partial charge in [-0.2, -0.15) is 0 Å². The highest BCUT2D eigenvalue weighted by Crippen LogP contribution is 2.13. The van der Waals surface area contributed by atoms with E-state index in [1.165, 1.54) is 6.08 Å². The molecule has 1 aliphatic heterocycles. The lowest BCUT2D eigenvalue weighted by Gasteiger charge is -2.26. The van der Waals surface area contributed by atoms with Crippen molar-refractivity contribution in [3.63, 3.8) is 0 Å². The Bertz CT molecular complexity index is 840. The van der Waals surface area contributed by atoms with Gasteiger partial charge >= 0.3 is 0 Å². The summed E-state index contributed by atoms with van der Waals surface area (Å²) in [5.74, 6) is 0.575. The monoisotopic (exact) mass is 380 g/mol. The van der Waals surface area contributed by atoms with E-state index in [-0.39, 0.29) is 11.8 Å². The van der Waals surface area contributed by atoms with Crippen LogP contribution in [0.4, 0.5) is 0 Å². The number of benzene rings is 2. The Morgan fingerprint density at radius 1 is 1.14 bits per heavy atom. The van der Waals surface area contributed by atoms with Crippen molar-refractivity contribution >= 4 is 17.9 Å². The second-order valence-electron chi connectivity index (χ2n) is 6.43. The zero-order valence-electron chi connectivity index (χ0n) is 15.9. The fraction of sp³-hybridized carbons (Fsp3) is 0.273. The molecule has 2 aromatic carbocycles. The van der Waals surface area contributed by atoms with Crippen LogP contribution in [0.5, 0.6) is 5.75 Å². The van der Waals surface area contributed by atoms with Crippen molar-refractivity contribution in [2.24, 2.45) is 0 Å². The number of amides is 2. The summed E-state index contributed by atoms with van der Waals surface area (Å²) in [5, 5.41) is 2.84. The van der Waals surface area contributed by atoms with Gasteiger partial charge in [0.15, 0.2) is 0 Å². The smallest absolute Gasteiger partial charge is 0.254 e. The molecule has 2 amide bonds. The highest BCUT2D eigenvalue weighted by atomic mass is 16.5. The number of hydrogen-bond donors (Lipinski definition) is 1. The lowest BCUT2D eigenvalue weighted by molar-refractivity contribution is -0.116. The van der Waals surface area contributed by atoms with Crippen molar-refractivity contribution < 1.29 is 19.1 Å². The first-order valence-electron chi connectivity index (χ1n) is 9.21. The predicted octanol–water partition coefficient (Wildman–Crippen LogP) is 2.50. The third-order valence-electron chi connectivity index (χ3n) is 4.49. The van der Waals surface area contributed by atoms with Gasteiger partial charge in [0, 0.05) is 31.3 Å². The summed E-state index contributed by atoms with van der Waals surface area (Å²) in [5.41, 5.74) is 2.47. The van der Waals surface area contributed by atoms with Crippen molar-refractivity contribution in [2.75, 3.05) is 33.4 Å². The van der Waals surface area contributed by atoms with Crippen molar-refractivity contribution in [3.8, 4) is 5.75 Å². The molecule has 0 unspecified atom stereocenters. The van der Waals surface area contributed by atoms with E-state index in [1.807, 2.05) is 36.4 Å². The van der Waals surface area contributed by atoms with Crippen LogP contribution in [-0.4, -0.2) is 50.1 Å². The van der Waals surface area contributed by atoms with E-state index in [4.69, 9.17) is 9.47 Å². The first kappa shape index (κ1) is 19.6. The van der Waals surface area contributed by atoms with E-state index in [1.54, 1.807) is 30.2 Å². The molecule has 0 saturated carbocycles. The molecular weight excluding hydrogens is 356 g/mol. The molecular formula is C22H24N2O4. The minimum Gasteiger partial charge on any atom is -0.497 e. The molecule has 0 aromatic heterocycles. The molecule has 0 atom stereocenters. The summed E-state index contributed by atoms with van der Waals surface area (Å²) in [7, 11) is 1.61. The number of morpholine rings is 1. The van der Waals surface area contributed by atoms with Crippen LogP contribution in [0.2, 0.25) is 0 Å². The van der Waals surface area contributed by atoms with E-state index in [0.717, 1.165) is 16.9 Å². The van der Waals surface area contributed by atoms with Gasteiger partial charge in [-0.05, 0) is 41.5 Å². The van der Waals surface area contributed by atoms with Crippen molar-refractivity contribution in [3.05, 3.63) is 71.3 Å². The number of hydrogen-bond acceptors (Lipinski definition) is 4. The Labute approximate surface area is 164 Å². The Morgan fingerprint density at radius 3 is 2.61 bits per heavy atom. The van der Waals surface area contributed by atoms with Crippen LogP contribution in [0.25, 0.3) is 6.08 Å². The van der Waals surface area contributed by atoms with Gasteiger partial charge in [0.1, 0.15) is 5.75 Å².